The standard InChI is InChI=1S/C34H38F3N3O4/c1-3-43-31(41)25-11-10-14-28(24(25)2)40-21-19-39(20-22-40)18-9-8-17-33(32(42)38-23-34(35,36)37)26-12-4-6-15-29(26)44-30-16-7-5-13-27(30)33/h4-7,10-16,25H,2-3,8-9,17-23H2,1H3,(H,38,42). The second kappa shape index (κ2) is 13.3. The van der Waals surface area contributed by atoms with E-state index in [2.05, 4.69) is 21.7 Å². The number of halogens is 3. The van der Waals surface area contributed by atoms with Crippen LogP contribution in [0, 0.1) is 5.92 Å². The number of amides is 1. The lowest BCUT2D eigenvalue weighted by Gasteiger charge is -2.40. The van der Waals surface area contributed by atoms with E-state index in [1.165, 1.54) is 0 Å². The lowest BCUT2D eigenvalue weighted by Crippen LogP contribution is -2.49. The van der Waals surface area contributed by atoms with Gasteiger partial charge in [0.25, 0.3) is 0 Å². The predicted octanol–water partition coefficient (Wildman–Crippen LogP) is 5.73. The summed E-state index contributed by atoms with van der Waals surface area (Å²) in [6.45, 7) is 8.85. The molecule has 3 aliphatic rings. The number of para-hydroxylation sites is 2. The van der Waals surface area contributed by atoms with Crippen LogP contribution in [0.1, 0.15) is 37.3 Å². The van der Waals surface area contributed by atoms with Crippen LogP contribution in [0.25, 0.3) is 0 Å². The molecule has 1 N–H and O–H groups in total. The Bertz CT molecular complexity index is 1400. The Morgan fingerprint density at radius 3 is 2.27 bits per heavy atom. The highest BCUT2D eigenvalue weighted by atomic mass is 19.4. The first-order valence-corrected chi connectivity index (χ1v) is 15.1. The molecule has 0 saturated carbocycles. The van der Waals surface area contributed by atoms with E-state index in [0.29, 0.717) is 42.1 Å². The van der Waals surface area contributed by atoms with Gasteiger partial charge in [-0.1, -0.05) is 61.5 Å². The van der Waals surface area contributed by atoms with Crippen LogP contribution in [-0.4, -0.2) is 73.7 Å². The third kappa shape index (κ3) is 6.55. The molecule has 1 amide bonds. The van der Waals surface area contributed by atoms with Crippen LogP contribution < -0.4 is 10.1 Å². The second-order valence-electron chi connectivity index (χ2n) is 11.3. The average Bonchev–Trinajstić information content (AvgIpc) is 3.01. The normalized spacial score (nSPS) is 19.4. The topological polar surface area (TPSA) is 71.1 Å². The number of esters is 1. The van der Waals surface area contributed by atoms with Gasteiger partial charge in [-0.2, -0.15) is 13.2 Å². The number of nitrogens with one attached hydrogen (secondary N) is 1. The van der Waals surface area contributed by atoms with Gasteiger partial charge >= 0.3 is 12.1 Å². The molecule has 44 heavy (non-hydrogen) atoms. The molecule has 0 aromatic heterocycles. The Hall–Kier alpha value is -4.05. The van der Waals surface area contributed by atoms with Crippen LogP contribution in [0.2, 0.25) is 0 Å². The smallest absolute Gasteiger partial charge is 0.405 e. The minimum absolute atomic E-state index is 0.294. The van der Waals surface area contributed by atoms with Crippen LogP contribution >= 0.6 is 0 Å². The number of fused-ring (bicyclic) bond motifs is 2. The minimum Gasteiger partial charge on any atom is -0.465 e. The molecule has 234 valence electrons. The number of allylic oxidation sites excluding steroid dienone is 3. The number of carbonyl (C=O) groups excluding carboxylic acids is 2. The lowest BCUT2D eigenvalue weighted by atomic mass is 9.68. The van der Waals surface area contributed by atoms with Gasteiger partial charge in [-0.15, -0.1) is 0 Å². The van der Waals surface area contributed by atoms with Crippen molar-refractivity contribution in [3.05, 3.63) is 95.7 Å². The summed E-state index contributed by atoms with van der Waals surface area (Å²) >= 11 is 0. The zero-order chi connectivity index (χ0) is 31.3. The van der Waals surface area contributed by atoms with Crippen molar-refractivity contribution in [3.63, 3.8) is 0 Å². The van der Waals surface area contributed by atoms with Crippen molar-refractivity contribution in [1.82, 2.24) is 15.1 Å². The molecule has 1 aliphatic carbocycles. The van der Waals surface area contributed by atoms with Crippen molar-refractivity contribution in [2.45, 2.75) is 37.8 Å². The van der Waals surface area contributed by atoms with Gasteiger partial charge in [0.15, 0.2) is 0 Å². The number of hydrogen-bond donors (Lipinski definition) is 1. The SMILES string of the molecule is C=C1C(N2CCN(CCCCC3(C(=O)NCC(F)(F)F)c4ccccc4Oc4ccccc43)CC2)=CC=CC1C(=O)OCC. The number of hydrogen-bond acceptors (Lipinski definition) is 6. The molecular formula is C34H38F3N3O4. The number of ether oxygens (including phenoxy) is 2. The molecule has 10 heteroatoms. The molecule has 7 nitrogen and oxygen atoms in total. The molecule has 5 rings (SSSR count). The van der Waals surface area contributed by atoms with Crippen LogP contribution in [-0.2, 0) is 19.7 Å². The summed E-state index contributed by atoms with van der Waals surface area (Å²) in [5.74, 6) is -0.499. The van der Waals surface area contributed by atoms with Gasteiger partial charge < -0.3 is 19.7 Å². The second-order valence-corrected chi connectivity index (χ2v) is 11.3. The Balaban J connectivity index is 1.24. The van der Waals surface area contributed by atoms with E-state index in [1.807, 2.05) is 18.2 Å². The summed E-state index contributed by atoms with van der Waals surface area (Å²) in [6, 6.07) is 14.2. The van der Waals surface area contributed by atoms with Crippen molar-refractivity contribution in [1.29, 1.82) is 0 Å². The first-order valence-electron chi connectivity index (χ1n) is 15.1. The van der Waals surface area contributed by atoms with Gasteiger partial charge in [-0.25, -0.2) is 0 Å². The molecule has 1 atom stereocenters. The number of rotatable bonds is 10. The van der Waals surface area contributed by atoms with Gasteiger partial charge in [-0.3, -0.25) is 14.5 Å². The van der Waals surface area contributed by atoms with Gasteiger partial charge in [0.1, 0.15) is 29.4 Å². The molecule has 2 heterocycles. The van der Waals surface area contributed by atoms with Crippen LogP contribution in [0.5, 0.6) is 11.5 Å². The largest absolute Gasteiger partial charge is 0.465 e. The maximum absolute atomic E-state index is 13.8. The molecular weight excluding hydrogens is 571 g/mol. The van der Waals surface area contributed by atoms with Crippen molar-refractivity contribution < 1.29 is 32.2 Å². The average molecular weight is 610 g/mol. The highest BCUT2D eigenvalue weighted by molar-refractivity contribution is 5.94. The van der Waals surface area contributed by atoms with Crippen molar-refractivity contribution >= 4 is 11.9 Å². The predicted molar refractivity (Wildman–Crippen MR) is 161 cm³/mol. The van der Waals surface area contributed by atoms with E-state index < -0.39 is 30.0 Å². The fourth-order valence-corrected chi connectivity index (χ4v) is 6.38. The van der Waals surface area contributed by atoms with E-state index in [-0.39, 0.29) is 5.97 Å². The van der Waals surface area contributed by atoms with Crippen molar-refractivity contribution in [2.75, 3.05) is 45.9 Å². The molecule has 1 saturated heterocycles. The summed E-state index contributed by atoms with van der Waals surface area (Å²) in [4.78, 5) is 30.7. The Morgan fingerprint density at radius 1 is 1.02 bits per heavy atom. The summed E-state index contributed by atoms with van der Waals surface area (Å²) in [7, 11) is 0. The fraction of sp³-hybridized carbons (Fsp3) is 0.412. The van der Waals surface area contributed by atoms with Crippen molar-refractivity contribution in [2.24, 2.45) is 5.92 Å². The molecule has 2 aromatic carbocycles. The van der Waals surface area contributed by atoms with Crippen LogP contribution in [0.4, 0.5) is 13.2 Å². The Labute approximate surface area is 256 Å². The van der Waals surface area contributed by atoms with Crippen LogP contribution in [0.15, 0.2) is 84.6 Å². The number of nitrogens with zero attached hydrogens (tertiary/aromatic N) is 2. The third-order valence-corrected chi connectivity index (χ3v) is 8.54. The summed E-state index contributed by atoms with van der Waals surface area (Å²) in [5, 5.41) is 2.18. The first kappa shape index (κ1) is 31.4. The molecule has 1 unspecified atom stereocenters. The zero-order valence-corrected chi connectivity index (χ0v) is 24.9. The molecule has 0 radical (unpaired) electrons. The number of piperazine rings is 1. The summed E-state index contributed by atoms with van der Waals surface area (Å²) in [5.41, 5.74) is 1.53. The molecule has 2 aromatic rings. The minimum atomic E-state index is -4.53. The molecule has 0 spiro atoms. The van der Waals surface area contributed by atoms with Gasteiger partial charge in [0, 0.05) is 43.0 Å². The van der Waals surface area contributed by atoms with Gasteiger partial charge in [0.2, 0.25) is 5.91 Å². The summed E-state index contributed by atoms with van der Waals surface area (Å²) in [6.07, 6.45) is 2.87. The molecule has 1 fully saturated rings. The highest BCUT2D eigenvalue weighted by Crippen LogP contribution is 2.50. The Kier molecular flexibility index (Phi) is 9.48. The van der Waals surface area contributed by atoms with E-state index in [1.54, 1.807) is 55.5 Å². The maximum Gasteiger partial charge on any atom is 0.405 e. The highest BCUT2D eigenvalue weighted by Gasteiger charge is 2.48. The number of alkyl halides is 3. The monoisotopic (exact) mass is 609 g/mol. The van der Waals surface area contributed by atoms with E-state index in [0.717, 1.165) is 50.4 Å². The number of carbonyl (C=O) groups is 2. The third-order valence-electron chi connectivity index (χ3n) is 8.54. The van der Waals surface area contributed by atoms with E-state index in [9.17, 15) is 22.8 Å². The first-order chi connectivity index (χ1) is 21.1. The van der Waals surface area contributed by atoms with E-state index >= 15 is 0 Å². The quantitative estimate of drug-likeness (QED) is 0.274. The van der Waals surface area contributed by atoms with Crippen LogP contribution in [0.3, 0.4) is 0 Å². The zero-order valence-electron chi connectivity index (χ0n) is 24.9. The maximum atomic E-state index is 13.8. The van der Waals surface area contributed by atoms with Gasteiger partial charge in [0.05, 0.1) is 6.61 Å². The summed E-state index contributed by atoms with van der Waals surface area (Å²) < 4.78 is 50.8. The number of benzene rings is 2. The number of unbranched alkanes of at least 4 members (excludes halogenated alkanes) is 1. The Morgan fingerprint density at radius 2 is 1.66 bits per heavy atom. The molecule has 0 bridgehead atoms. The fourth-order valence-electron chi connectivity index (χ4n) is 6.38. The lowest BCUT2D eigenvalue weighted by molar-refractivity contribution is -0.145. The van der Waals surface area contributed by atoms with Crippen molar-refractivity contribution in [3.8, 4) is 11.5 Å². The van der Waals surface area contributed by atoms with E-state index in [4.69, 9.17) is 9.47 Å². The molecule has 2 aliphatic heterocycles. The van der Waals surface area contributed by atoms with Gasteiger partial charge in [-0.05, 0) is 50.1 Å².